The van der Waals surface area contributed by atoms with Crippen molar-refractivity contribution in [3.8, 4) is 0 Å². The number of aromatic nitrogens is 1. The molecule has 1 atom stereocenters. The topological polar surface area (TPSA) is 77.5 Å². The van der Waals surface area contributed by atoms with E-state index in [0.29, 0.717) is 6.61 Å². The molecule has 2 rings (SSSR count). The molecule has 0 radical (unpaired) electrons. The number of hydrogen-bond acceptors (Lipinski definition) is 6. The first-order valence-electron chi connectivity index (χ1n) is 5.52. The summed E-state index contributed by atoms with van der Waals surface area (Å²) in [6.07, 6.45) is 1.10. The van der Waals surface area contributed by atoms with Crippen molar-refractivity contribution in [3.05, 3.63) is 11.2 Å². The molecular weight excluding hydrogens is 276 g/mol. The van der Waals surface area contributed by atoms with Crippen LogP contribution >= 0.6 is 11.3 Å². The third-order valence-electron chi connectivity index (χ3n) is 2.43. The van der Waals surface area contributed by atoms with Crippen molar-refractivity contribution in [2.24, 2.45) is 0 Å². The SMILES string of the molecule is Cc1ncc(S(=O)(=O)NCC2COC(C)(C)O2)s1. The van der Waals surface area contributed by atoms with Gasteiger partial charge in [-0.3, -0.25) is 0 Å². The van der Waals surface area contributed by atoms with Gasteiger partial charge < -0.3 is 9.47 Å². The average Bonchev–Trinajstić information content (AvgIpc) is 2.82. The molecule has 0 saturated carbocycles. The van der Waals surface area contributed by atoms with E-state index in [9.17, 15) is 8.42 Å². The Morgan fingerprint density at radius 3 is 2.83 bits per heavy atom. The van der Waals surface area contributed by atoms with Crippen LogP contribution in [0.5, 0.6) is 0 Å². The fourth-order valence-electron chi connectivity index (χ4n) is 1.60. The van der Waals surface area contributed by atoms with Gasteiger partial charge in [-0.15, -0.1) is 11.3 Å². The summed E-state index contributed by atoms with van der Waals surface area (Å²) >= 11 is 1.14. The number of sulfonamides is 1. The van der Waals surface area contributed by atoms with Gasteiger partial charge in [-0.1, -0.05) is 0 Å². The van der Waals surface area contributed by atoms with Crippen molar-refractivity contribution in [2.45, 2.75) is 36.9 Å². The molecule has 1 aromatic rings. The Morgan fingerprint density at radius 2 is 2.33 bits per heavy atom. The minimum Gasteiger partial charge on any atom is -0.348 e. The molecule has 1 saturated heterocycles. The van der Waals surface area contributed by atoms with Crippen molar-refractivity contribution in [2.75, 3.05) is 13.2 Å². The van der Waals surface area contributed by atoms with Gasteiger partial charge in [-0.2, -0.15) is 0 Å². The Kier molecular flexibility index (Phi) is 3.75. The first-order valence-corrected chi connectivity index (χ1v) is 7.82. The predicted molar refractivity (Wildman–Crippen MR) is 66.9 cm³/mol. The Hall–Kier alpha value is -0.540. The molecule has 1 unspecified atom stereocenters. The predicted octanol–water partition coefficient (Wildman–Crippen LogP) is 0.881. The average molecular weight is 292 g/mol. The molecule has 18 heavy (non-hydrogen) atoms. The molecule has 2 heterocycles. The maximum atomic E-state index is 11.9. The van der Waals surface area contributed by atoms with E-state index in [-0.39, 0.29) is 16.9 Å². The minimum absolute atomic E-state index is 0.197. The van der Waals surface area contributed by atoms with Crippen LogP contribution in [0.15, 0.2) is 10.4 Å². The van der Waals surface area contributed by atoms with Gasteiger partial charge >= 0.3 is 0 Å². The minimum atomic E-state index is -3.49. The molecule has 0 spiro atoms. The zero-order valence-corrected chi connectivity index (χ0v) is 12.1. The van der Waals surface area contributed by atoms with Crippen molar-refractivity contribution in [1.29, 1.82) is 0 Å². The lowest BCUT2D eigenvalue weighted by atomic mass is 10.4. The van der Waals surface area contributed by atoms with Gasteiger partial charge in [0, 0.05) is 6.54 Å². The van der Waals surface area contributed by atoms with Crippen LogP contribution in [0, 0.1) is 6.92 Å². The van der Waals surface area contributed by atoms with Crippen molar-refractivity contribution in [1.82, 2.24) is 9.71 Å². The van der Waals surface area contributed by atoms with Crippen LogP contribution in [0.4, 0.5) is 0 Å². The smallest absolute Gasteiger partial charge is 0.251 e. The molecule has 1 aliphatic rings. The monoisotopic (exact) mass is 292 g/mol. The van der Waals surface area contributed by atoms with Crippen LogP contribution in [-0.4, -0.2) is 38.4 Å². The fourth-order valence-corrected chi connectivity index (χ4v) is 3.82. The second kappa shape index (κ2) is 4.86. The number of ether oxygens (including phenoxy) is 2. The molecule has 1 N–H and O–H groups in total. The van der Waals surface area contributed by atoms with E-state index in [1.54, 1.807) is 20.8 Å². The summed E-state index contributed by atoms with van der Waals surface area (Å²) in [5.74, 6) is -0.642. The number of nitrogens with zero attached hydrogens (tertiary/aromatic N) is 1. The van der Waals surface area contributed by atoms with Gasteiger partial charge in [-0.25, -0.2) is 18.1 Å². The molecule has 1 aromatic heterocycles. The van der Waals surface area contributed by atoms with Gasteiger partial charge in [0.15, 0.2) is 10.00 Å². The first-order chi connectivity index (χ1) is 8.28. The van der Waals surface area contributed by atoms with Gasteiger partial charge in [0.2, 0.25) is 0 Å². The van der Waals surface area contributed by atoms with Crippen LogP contribution in [0.1, 0.15) is 18.9 Å². The fraction of sp³-hybridized carbons (Fsp3) is 0.700. The largest absolute Gasteiger partial charge is 0.348 e. The first kappa shape index (κ1) is 13.9. The summed E-state index contributed by atoms with van der Waals surface area (Å²) in [5.41, 5.74) is 0. The van der Waals surface area contributed by atoms with Crippen LogP contribution in [0.2, 0.25) is 0 Å². The summed E-state index contributed by atoms with van der Waals surface area (Å²) < 4.78 is 37.5. The molecule has 0 bridgehead atoms. The number of thiazole rings is 1. The maximum absolute atomic E-state index is 11.9. The highest BCUT2D eigenvalue weighted by Gasteiger charge is 2.33. The van der Waals surface area contributed by atoms with Crippen LogP contribution in [0.3, 0.4) is 0 Å². The summed E-state index contributed by atoms with van der Waals surface area (Å²) in [6.45, 7) is 5.95. The highest BCUT2D eigenvalue weighted by atomic mass is 32.2. The van der Waals surface area contributed by atoms with E-state index in [1.807, 2.05) is 0 Å². The maximum Gasteiger partial charge on any atom is 0.251 e. The summed E-state index contributed by atoms with van der Waals surface area (Å²) in [4.78, 5) is 3.93. The van der Waals surface area contributed by atoms with Crippen molar-refractivity contribution < 1.29 is 17.9 Å². The molecule has 0 aliphatic carbocycles. The highest BCUT2D eigenvalue weighted by Crippen LogP contribution is 2.22. The standard InChI is InChI=1S/C10H16N2O4S2/c1-7-11-5-9(17-7)18(13,14)12-4-8-6-15-10(2,3)16-8/h5,8,12H,4,6H2,1-3H3. The third-order valence-corrected chi connectivity index (χ3v) is 5.23. The van der Waals surface area contributed by atoms with E-state index in [4.69, 9.17) is 9.47 Å². The van der Waals surface area contributed by atoms with Crippen LogP contribution in [0.25, 0.3) is 0 Å². The number of rotatable bonds is 4. The summed E-state index contributed by atoms with van der Waals surface area (Å²) in [5, 5.41) is 0.719. The molecular formula is C10H16N2O4S2. The summed E-state index contributed by atoms with van der Waals surface area (Å²) in [6, 6.07) is 0. The Labute approximate surface area is 110 Å². The van der Waals surface area contributed by atoms with Gasteiger partial charge in [0.1, 0.15) is 0 Å². The molecule has 8 heteroatoms. The molecule has 1 aliphatic heterocycles. The van der Waals surface area contributed by atoms with E-state index in [2.05, 4.69) is 9.71 Å². The van der Waals surface area contributed by atoms with Gasteiger partial charge in [0.25, 0.3) is 10.0 Å². The highest BCUT2D eigenvalue weighted by molar-refractivity contribution is 7.91. The Balaban J connectivity index is 1.94. The molecule has 102 valence electrons. The molecule has 0 aromatic carbocycles. The van der Waals surface area contributed by atoms with Crippen molar-refractivity contribution >= 4 is 21.4 Å². The van der Waals surface area contributed by atoms with E-state index in [0.717, 1.165) is 16.3 Å². The Morgan fingerprint density at radius 1 is 1.61 bits per heavy atom. The Bertz CT molecular complexity index is 524. The molecule has 1 fully saturated rings. The van der Waals surface area contributed by atoms with Crippen LogP contribution in [-0.2, 0) is 19.5 Å². The van der Waals surface area contributed by atoms with E-state index >= 15 is 0 Å². The third kappa shape index (κ3) is 3.27. The zero-order valence-electron chi connectivity index (χ0n) is 10.5. The molecule has 0 amide bonds. The lowest BCUT2D eigenvalue weighted by Gasteiger charge is -2.17. The number of aryl methyl sites for hydroxylation is 1. The van der Waals surface area contributed by atoms with E-state index < -0.39 is 15.8 Å². The second-order valence-corrected chi connectivity index (χ2v) is 7.73. The lowest BCUT2D eigenvalue weighted by Crippen LogP contribution is -2.34. The second-order valence-electron chi connectivity index (χ2n) is 4.50. The van der Waals surface area contributed by atoms with Gasteiger partial charge in [-0.05, 0) is 20.8 Å². The van der Waals surface area contributed by atoms with E-state index in [1.165, 1.54) is 6.20 Å². The summed E-state index contributed by atoms with van der Waals surface area (Å²) in [7, 11) is -3.49. The number of hydrogen-bond donors (Lipinski definition) is 1. The zero-order chi connectivity index (χ0) is 13.4. The number of nitrogens with one attached hydrogen (secondary N) is 1. The van der Waals surface area contributed by atoms with Crippen molar-refractivity contribution in [3.63, 3.8) is 0 Å². The molecule has 6 nitrogen and oxygen atoms in total. The lowest BCUT2D eigenvalue weighted by molar-refractivity contribution is -0.137. The normalized spacial score (nSPS) is 23.4. The quantitative estimate of drug-likeness (QED) is 0.891. The van der Waals surface area contributed by atoms with Gasteiger partial charge in [0.05, 0.1) is 23.9 Å². The van der Waals surface area contributed by atoms with Crippen LogP contribution < -0.4 is 4.72 Å².